The summed E-state index contributed by atoms with van der Waals surface area (Å²) < 4.78 is 2.02. The van der Waals surface area contributed by atoms with Crippen molar-refractivity contribution < 1.29 is 0 Å². The van der Waals surface area contributed by atoms with Gasteiger partial charge >= 0.3 is 0 Å². The van der Waals surface area contributed by atoms with Crippen molar-refractivity contribution in [1.82, 2.24) is 14.8 Å². The summed E-state index contributed by atoms with van der Waals surface area (Å²) in [5.41, 5.74) is 7.99. The Bertz CT molecular complexity index is 567. The number of nitrogens with two attached hydrogens (primary N) is 1. The number of benzene rings is 1. The van der Waals surface area contributed by atoms with Gasteiger partial charge in [-0.1, -0.05) is 19.1 Å². The molecule has 4 heteroatoms. The molecule has 0 unspecified atom stereocenters. The molecule has 2 N–H and O–H groups in total. The topological polar surface area (TPSA) is 56.7 Å². The largest absolute Gasteiger partial charge is 0.399 e. The Balaban J connectivity index is 2.11. The van der Waals surface area contributed by atoms with E-state index >= 15 is 0 Å². The van der Waals surface area contributed by atoms with Gasteiger partial charge in [0.05, 0.1) is 5.41 Å². The number of rotatable bonds is 2. The molecule has 1 aliphatic rings. The van der Waals surface area contributed by atoms with Gasteiger partial charge in [-0.3, -0.25) is 0 Å². The van der Waals surface area contributed by atoms with Gasteiger partial charge in [0.25, 0.3) is 0 Å². The predicted octanol–water partition coefficient (Wildman–Crippen LogP) is 2.11. The maximum absolute atomic E-state index is 5.92. The van der Waals surface area contributed by atoms with E-state index in [1.807, 2.05) is 23.7 Å². The minimum absolute atomic E-state index is 0.0000463. The Morgan fingerprint density at radius 1 is 1.39 bits per heavy atom. The van der Waals surface area contributed by atoms with E-state index in [0.717, 1.165) is 30.3 Å². The Morgan fingerprint density at radius 2 is 2.17 bits per heavy atom. The number of hydrogen-bond donors (Lipinski definition) is 1. The molecule has 3 rings (SSSR count). The number of hydrogen-bond acceptors (Lipinski definition) is 3. The predicted molar refractivity (Wildman–Crippen MR) is 71.0 cm³/mol. The second kappa shape index (κ2) is 3.83. The number of anilines is 1. The smallest absolute Gasteiger partial charge is 0.143 e. The van der Waals surface area contributed by atoms with Crippen LogP contribution in [0.2, 0.25) is 0 Å². The lowest BCUT2D eigenvalue weighted by molar-refractivity contribution is 0.185. The number of aromatic nitrogens is 3. The van der Waals surface area contributed by atoms with Crippen LogP contribution in [0.1, 0.15) is 31.2 Å². The first-order valence-electron chi connectivity index (χ1n) is 6.32. The van der Waals surface area contributed by atoms with Crippen LogP contribution in [0.4, 0.5) is 5.69 Å². The van der Waals surface area contributed by atoms with Gasteiger partial charge in [0, 0.05) is 12.7 Å². The maximum atomic E-state index is 5.92. The second-order valence-electron chi connectivity index (χ2n) is 5.49. The zero-order valence-corrected chi connectivity index (χ0v) is 10.8. The molecule has 1 fully saturated rings. The molecule has 0 amide bonds. The molecule has 1 saturated carbocycles. The van der Waals surface area contributed by atoms with Gasteiger partial charge in [-0.2, -0.15) is 0 Å². The average Bonchev–Trinajstić information content (AvgIpc) is 2.71. The lowest BCUT2D eigenvalue weighted by atomic mass is 9.58. The summed E-state index contributed by atoms with van der Waals surface area (Å²) in [6.45, 7) is 2.28. The molecule has 0 atom stereocenters. The van der Waals surface area contributed by atoms with Crippen molar-refractivity contribution in [2.45, 2.75) is 25.2 Å². The van der Waals surface area contributed by atoms with E-state index in [1.165, 1.54) is 5.56 Å². The third kappa shape index (κ3) is 1.52. The molecule has 0 spiro atoms. The van der Waals surface area contributed by atoms with Crippen LogP contribution < -0.4 is 5.73 Å². The van der Waals surface area contributed by atoms with Crippen molar-refractivity contribution in [2.75, 3.05) is 5.73 Å². The van der Waals surface area contributed by atoms with Crippen LogP contribution in [0.3, 0.4) is 0 Å². The van der Waals surface area contributed by atoms with Crippen LogP contribution in [0.25, 0.3) is 0 Å². The zero-order chi connectivity index (χ0) is 12.8. The Kier molecular flexibility index (Phi) is 2.40. The molecular formula is C14H18N4. The van der Waals surface area contributed by atoms with E-state index in [-0.39, 0.29) is 5.41 Å². The van der Waals surface area contributed by atoms with Crippen LogP contribution in [0.15, 0.2) is 30.6 Å². The molecule has 1 heterocycles. The number of aryl methyl sites for hydroxylation is 1. The van der Waals surface area contributed by atoms with Gasteiger partial charge in [0.15, 0.2) is 0 Å². The third-order valence-corrected chi connectivity index (χ3v) is 3.97. The van der Waals surface area contributed by atoms with Gasteiger partial charge in [-0.25, -0.2) is 0 Å². The Hall–Kier alpha value is -1.84. The molecule has 0 aliphatic heterocycles. The van der Waals surface area contributed by atoms with Crippen molar-refractivity contribution in [3.63, 3.8) is 0 Å². The van der Waals surface area contributed by atoms with E-state index in [4.69, 9.17) is 5.73 Å². The summed E-state index contributed by atoms with van der Waals surface area (Å²) in [5, 5.41) is 8.35. The fourth-order valence-electron chi connectivity index (χ4n) is 3.23. The molecule has 1 aliphatic carbocycles. The van der Waals surface area contributed by atoms with Crippen molar-refractivity contribution >= 4 is 5.69 Å². The fourth-order valence-corrected chi connectivity index (χ4v) is 3.23. The highest BCUT2D eigenvalue weighted by atomic mass is 15.3. The van der Waals surface area contributed by atoms with Crippen LogP contribution in [0, 0.1) is 5.92 Å². The summed E-state index contributed by atoms with van der Waals surface area (Å²) in [4.78, 5) is 0. The molecule has 0 saturated heterocycles. The van der Waals surface area contributed by atoms with Gasteiger partial charge in [0.2, 0.25) is 0 Å². The summed E-state index contributed by atoms with van der Waals surface area (Å²) in [5.74, 6) is 1.77. The minimum atomic E-state index is 0.0000463. The fraction of sp³-hybridized carbons (Fsp3) is 0.429. The molecule has 2 aromatic rings. The first-order valence-corrected chi connectivity index (χ1v) is 6.32. The zero-order valence-electron chi connectivity index (χ0n) is 10.8. The van der Waals surface area contributed by atoms with Gasteiger partial charge < -0.3 is 10.3 Å². The number of nitrogens with zero attached hydrogens (tertiary/aromatic N) is 3. The van der Waals surface area contributed by atoms with Crippen LogP contribution in [-0.2, 0) is 12.5 Å². The quantitative estimate of drug-likeness (QED) is 0.821. The Morgan fingerprint density at radius 3 is 2.72 bits per heavy atom. The molecule has 94 valence electrons. The summed E-state index contributed by atoms with van der Waals surface area (Å²) in [7, 11) is 2.01. The molecule has 1 aromatic carbocycles. The monoisotopic (exact) mass is 242 g/mol. The van der Waals surface area contributed by atoms with Crippen molar-refractivity contribution in [3.05, 3.63) is 42.0 Å². The van der Waals surface area contributed by atoms with Gasteiger partial charge in [-0.05, 0) is 36.5 Å². The molecule has 0 bridgehead atoms. The van der Waals surface area contributed by atoms with Crippen molar-refractivity contribution in [2.24, 2.45) is 13.0 Å². The number of nitrogen functional groups attached to an aromatic ring is 1. The standard InChI is InChI=1S/C14H18N4/c1-10-7-14(8-10,13-17-16-9-18(13)2)11-4-3-5-12(15)6-11/h3-6,9-10H,7-8,15H2,1-2H3. The highest BCUT2D eigenvalue weighted by molar-refractivity contribution is 5.47. The average molecular weight is 242 g/mol. The van der Waals surface area contributed by atoms with Crippen LogP contribution in [-0.4, -0.2) is 14.8 Å². The molecule has 4 nitrogen and oxygen atoms in total. The summed E-state index contributed by atoms with van der Waals surface area (Å²) in [6.07, 6.45) is 4.00. The molecule has 0 radical (unpaired) electrons. The highest BCUT2D eigenvalue weighted by Crippen LogP contribution is 2.51. The normalized spacial score (nSPS) is 26.9. The van der Waals surface area contributed by atoms with E-state index in [0.29, 0.717) is 0 Å². The van der Waals surface area contributed by atoms with Gasteiger partial charge in [-0.15, -0.1) is 10.2 Å². The summed E-state index contributed by atoms with van der Waals surface area (Å²) in [6, 6.07) is 8.17. The maximum Gasteiger partial charge on any atom is 0.143 e. The van der Waals surface area contributed by atoms with Crippen molar-refractivity contribution in [1.29, 1.82) is 0 Å². The van der Waals surface area contributed by atoms with Crippen molar-refractivity contribution in [3.8, 4) is 0 Å². The third-order valence-electron chi connectivity index (χ3n) is 3.97. The van der Waals surface area contributed by atoms with E-state index in [9.17, 15) is 0 Å². The van der Waals surface area contributed by atoms with Crippen LogP contribution in [0.5, 0.6) is 0 Å². The highest BCUT2D eigenvalue weighted by Gasteiger charge is 2.48. The van der Waals surface area contributed by atoms with Crippen LogP contribution >= 0.6 is 0 Å². The molecule has 1 aromatic heterocycles. The Labute approximate surface area is 107 Å². The van der Waals surface area contributed by atoms with E-state index in [2.05, 4.69) is 29.3 Å². The first kappa shape index (κ1) is 11.3. The van der Waals surface area contributed by atoms with E-state index < -0.39 is 0 Å². The van der Waals surface area contributed by atoms with Gasteiger partial charge in [0.1, 0.15) is 12.2 Å². The second-order valence-corrected chi connectivity index (χ2v) is 5.49. The summed E-state index contributed by atoms with van der Waals surface area (Å²) >= 11 is 0. The van der Waals surface area contributed by atoms with E-state index in [1.54, 1.807) is 6.33 Å². The molecular weight excluding hydrogens is 224 g/mol. The minimum Gasteiger partial charge on any atom is -0.399 e. The SMILES string of the molecule is CC1CC(c2cccc(N)c2)(c2nncn2C)C1. The first-order chi connectivity index (χ1) is 8.62. The molecule has 18 heavy (non-hydrogen) atoms. The lowest BCUT2D eigenvalue weighted by Gasteiger charge is -2.46. The lowest BCUT2D eigenvalue weighted by Crippen LogP contribution is -2.43.